The lowest BCUT2D eigenvalue weighted by Crippen LogP contribution is -2.06. The van der Waals surface area contributed by atoms with Crippen molar-refractivity contribution in [2.75, 3.05) is 5.73 Å². The number of nitrogens with two attached hydrogens (primary N) is 1. The second-order valence-corrected chi connectivity index (χ2v) is 3.64. The third-order valence-corrected chi connectivity index (χ3v) is 2.35. The second-order valence-electron chi connectivity index (χ2n) is 3.64. The fourth-order valence-corrected chi connectivity index (χ4v) is 1.44. The standard InChI is InChI=1S/C13H12N2O/c1-9-6-7-12(15-8-9)13(16)10-4-2-3-5-11(10)14/h2-8H,14H2,1H3. The number of nitrogens with zero attached hydrogens (tertiary/aromatic N) is 1. The number of pyridine rings is 1. The lowest BCUT2D eigenvalue weighted by molar-refractivity contribution is 0.103. The van der Waals surface area contributed by atoms with Gasteiger partial charge in [0.05, 0.1) is 0 Å². The summed E-state index contributed by atoms with van der Waals surface area (Å²) in [6.07, 6.45) is 1.67. The molecule has 0 aliphatic rings. The van der Waals surface area contributed by atoms with Crippen LogP contribution in [-0.2, 0) is 0 Å². The van der Waals surface area contributed by atoms with Crippen LogP contribution in [0.3, 0.4) is 0 Å². The van der Waals surface area contributed by atoms with Crippen LogP contribution in [0, 0.1) is 6.92 Å². The van der Waals surface area contributed by atoms with Crippen LogP contribution in [0.4, 0.5) is 5.69 Å². The minimum absolute atomic E-state index is 0.141. The largest absolute Gasteiger partial charge is 0.398 e. The van der Waals surface area contributed by atoms with Gasteiger partial charge in [-0.1, -0.05) is 18.2 Å². The van der Waals surface area contributed by atoms with Crippen LogP contribution < -0.4 is 5.73 Å². The molecular weight excluding hydrogens is 200 g/mol. The molecule has 3 nitrogen and oxygen atoms in total. The molecule has 0 atom stereocenters. The average molecular weight is 212 g/mol. The summed E-state index contributed by atoms with van der Waals surface area (Å²) in [6, 6.07) is 10.6. The number of aromatic nitrogens is 1. The molecule has 0 amide bonds. The molecule has 0 radical (unpaired) electrons. The summed E-state index contributed by atoms with van der Waals surface area (Å²) >= 11 is 0. The van der Waals surface area contributed by atoms with Gasteiger partial charge < -0.3 is 5.73 Å². The van der Waals surface area contributed by atoms with E-state index in [0.29, 0.717) is 16.9 Å². The van der Waals surface area contributed by atoms with Gasteiger partial charge in [-0.3, -0.25) is 9.78 Å². The zero-order valence-electron chi connectivity index (χ0n) is 8.97. The van der Waals surface area contributed by atoms with Crippen molar-refractivity contribution in [1.82, 2.24) is 4.98 Å². The van der Waals surface area contributed by atoms with Crippen molar-refractivity contribution in [3.05, 3.63) is 59.4 Å². The van der Waals surface area contributed by atoms with Gasteiger partial charge in [0.2, 0.25) is 5.78 Å². The van der Waals surface area contributed by atoms with E-state index in [1.807, 2.05) is 13.0 Å². The van der Waals surface area contributed by atoms with Crippen LogP contribution in [0.1, 0.15) is 21.6 Å². The summed E-state index contributed by atoms with van der Waals surface area (Å²) in [4.78, 5) is 16.1. The molecule has 0 fully saturated rings. The minimum atomic E-state index is -0.141. The second kappa shape index (κ2) is 4.14. The molecule has 0 spiro atoms. The van der Waals surface area contributed by atoms with Crippen molar-refractivity contribution in [2.45, 2.75) is 6.92 Å². The fourth-order valence-electron chi connectivity index (χ4n) is 1.44. The Morgan fingerprint density at radius 1 is 1.19 bits per heavy atom. The molecule has 1 heterocycles. The minimum Gasteiger partial charge on any atom is -0.398 e. The van der Waals surface area contributed by atoms with Gasteiger partial charge in [-0.15, -0.1) is 0 Å². The number of anilines is 1. The Labute approximate surface area is 93.9 Å². The highest BCUT2D eigenvalue weighted by atomic mass is 16.1. The van der Waals surface area contributed by atoms with Crippen LogP contribution in [0.2, 0.25) is 0 Å². The Hall–Kier alpha value is -2.16. The van der Waals surface area contributed by atoms with E-state index >= 15 is 0 Å². The third-order valence-electron chi connectivity index (χ3n) is 2.35. The predicted molar refractivity (Wildman–Crippen MR) is 63.3 cm³/mol. The third kappa shape index (κ3) is 1.93. The molecule has 0 aliphatic heterocycles. The first-order valence-electron chi connectivity index (χ1n) is 5.00. The fraction of sp³-hybridized carbons (Fsp3) is 0.0769. The van der Waals surface area contributed by atoms with Crippen molar-refractivity contribution in [1.29, 1.82) is 0 Å². The summed E-state index contributed by atoms with van der Waals surface area (Å²) in [5, 5.41) is 0. The van der Waals surface area contributed by atoms with Crippen molar-refractivity contribution in [2.24, 2.45) is 0 Å². The smallest absolute Gasteiger partial charge is 0.213 e. The maximum atomic E-state index is 12.0. The van der Waals surface area contributed by atoms with E-state index in [1.54, 1.807) is 36.5 Å². The zero-order chi connectivity index (χ0) is 11.5. The van der Waals surface area contributed by atoms with Gasteiger partial charge in [-0.2, -0.15) is 0 Å². The van der Waals surface area contributed by atoms with Crippen molar-refractivity contribution < 1.29 is 4.79 Å². The topological polar surface area (TPSA) is 56.0 Å². The quantitative estimate of drug-likeness (QED) is 0.613. The highest BCUT2D eigenvalue weighted by Crippen LogP contribution is 2.14. The number of para-hydroxylation sites is 1. The zero-order valence-corrected chi connectivity index (χ0v) is 8.97. The Bertz CT molecular complexity index is 518. The Morgan fingerprint density at radius 2 is 1.94 bits per heavy atom. The molecule has 0 unspecified atom stereocenters. The van der Waals surface area contributed by atoms with Crippen molar-refractivity contribution in [3.8, 4) is 0 Å². The van der Waals surface area contributed by atoms with Gasteiger partial charge >= 0.3 is 0 Å². The number of nitrogen functional groups attached to an aromatic ring is 1. The number of carbonyl (C=O) groups excluding carboxylic acids is 1. The van der Waals surface area contributed by atoms with Crippen LogP contribution in [0.25, 0.3) is 0 Å². The highest BCUT2D eigenvalue weighted by Gasteiger charge is 2.12. The van der Waals surface area contributed by atoms with Crippen LogP contribution >= 0.6 is 0 Å². The van der Waals surface area contributed by atoms with E-state index < -0.39 is 0 Å². The molecule has 2 rings (SSSR count). The van der Waals surface area contributed by atoms with Crippen LogP contribution in [-0.4, -0.2) is 10.8 Å². The van der Waals surface area contributed by atoms with E-state index in [0.717, 1.165) is 5.56 Å². The van der Waals surface area contributed by atoms with Gasteiger partial charge in [0, 0.05) is 17.4 Å². The predicted octanol–water partition coefficient (Wildman–Crippen LogP) is 2.20. The monoisotopic (exact) mass is 212 g/mol. The van der Waals surface area contributed by atoms with Gasteiger partial charge in [0.25, 0.3) is 0 Å². The summed E-state index contributed by atoms with van der Waals surface area (Å²) in [6.45, 7) is 1.93. The molecule has 16 heavy (non-hydrogen) atoms. The Kier molecular flexibility index (Phi) is 2.68. The first kappa shape index (κ1) is 10.4. The average Bonchev–Trinajstić information content (AvgIpc) is 2.30. The van der Waals surface area contributed by atoms with E-state index in [-0.39, 0.29) is 5.78 Å². The number of hydrogen-bond donors (Lipinski definition) is 1. The molecule has 0 saturated heterocycles. The number of benzene rings is 1. The number of rotatable bonds is 2. The molecule has 0 bridgehead atoms. The van der Waals surface area contributed by atoms with E-state index in [4.69, 9.17) is 5.73 Å². The van der Waals surface area contributed by atoms with Crippen LogP contribution in [0.15, 0.2) is 42.6 Å². The first-order chi connectivity index (χ1) is 7.68. The molecule has 0 aliphatic carbocycles. The molecule has 80 valence electrons. The highest BCUT2D eigenvalue weighted by molar-refractivity contribution is 6.10. The maximum Gasteiger partial charge on any atom is 0.213 e. The summed E-state index contributed by atoms with van der Waals surface area (Å²) in [5.74, 6) is -0.141. The van der Waals surface area contributed by atoms with Gasteiger partial charge in [-0.05, 0) is 30.7 Å². The summed E-state index contributed by atoms with van der Waals surface area (Å²) < 4.78 is 0. The molecule has 1 aromatic heterocycles. The molecule has 2 N–H and O–H groups in total. The molecule has 1 aromatic carbocycles. The normalized spacial score (nSPS) is 10.1. The maximum absolute atomic E-state index is 12.0. The molecule has 0 saturated carbocycles. The lowest BCUT2D eigenvalue weighted by atomic mass is 10.1. The van der Waals surface area contributed by atoms with Gasteiger partial charge in [-0.25, -0.2) is 0 Å². The van der Waals surface area contributed by atoms with Crippen molar-refractivity contribution >= 4 is 11.5 Å². The van der Waals surface area contributed by atoms with Crippen molar-refractivity contribution in [3.63, 3.8) is 0 Å². The lowest BCUT2D eigenvalue weighted by Gasteiger charge is -2.03. The Morgan fingerprint density at radius 3 is 2.56 bits per heavy atom. The molecule has 3 heteroatoms. The summed E-state index contributed by atoms with van der Waals surface area (Å²) in [5.41, 5.74) is 8.17. The SMILES string of the molecule is Cc1ccc(C(=O)c2ccccc2N)nc1. The Balaban J connectivity index is 2.40. The van der Waals surface area contributed by atoms with E-state index in [9.17, 15) is 4.79 Å². The number of aryl methyl sites for hydroxylation is 1. The number of ketones is 1. The van der Waals surface area contributed by atoms with Gasteiger partial charge in [0.1, 0.15) is 5.69 Å². The number of carbonyl (C=O) groups is 1. The molecule has 2 aromatic rings. The first-order valence-corrected chi connectivity index (χ1v) is 5.00. The van der Waals surface area contributed by atoms with Gasteiger partial charge in [0.15, 0.2) is 0 Å². The van der Waals surface area contributed by atoms with Crippen LogP contribution in [0.5, 0.6) is 0 Å². The number of hydrogen-bond acceptors (Lipinski definition) is 3. The summed E-state index contributed by atoms with van der Waals surface area (Å²) in [7, 11) is 0. The van der Waals surface area contributed by atoms with E-state index in [1.165, 1.54) is 0 Å². The van der Waals surface area contributed by atoms with E-state index in [2.05, 4.69) is 4.98 Å². The molecular formula is C13H12N2O.